The van der Waals surface area contributed by atoms with Crippen molar-refractivity contribution in [2.45, 2.75) is 6.42 Å². The number of phenols is 1. The average Bonchev–Trinajstić information content (AvgIpc) is 2.49. The third-order valence-corrected chi connectivity index (χ3v) is 2.85. The van der Waals surface area contributed by atoms with Crippen LogP contribution in [0.5, 0.6) is 5.75 Å². The number of phenolic OH excluding ortho intramolecular Hbond substituents is 1. The van der Waals surface area contributed by atoms with Crippen LogP contribution >= 0.6 is 0 Å². The molecule has 2 N–H and O–H groups in total. The van der Waals surface area contributed by atoms with Crippen molar-refractivity contribution in [2.24, 2.45) is 0 Å². The Kier molecular flexibility index (Phi) is 4.31. The number of pyridine rings is 1. The molecular weight excluding hydrogens is 272 g/mol. The van der Waals surface area contributed by atoms with Gasteiger partial charge in [-0.3, -0.25) is 10.1 Å². The number of aromatic hydroxyl groups is 1. The summed E-state index contributed by atoms with van der Waals surface area (Å²) in [6.07, 6.45) is 1.79. The highest BCUT2D eigenvalue weighted by Crippen LogP contribution is 2.18. The number of nitro groups is 1. The zero-order valence-corrected chi connectivity index (χ0v) is 11.0. The fourth-order valence-corrected chi connectivity index (χ4v) is 1.77. The van der Waals surface area contributed by atoms with E-state index in [1.54, 1.807) is 24.3 Å². The summed E-state index contributed by atoms with van der Waals surface area (Å²) in [6, 6.07) is 9.86. The number of hydrogen-bond donors (Lipinski definition) is 2. The van der Waals surface area contributed by atoms with Gasteiger partial charge in [-0.05, 0) is 24.1 Å². The molecule has 7 nitrogen and oxygen atoms in total. The molecule has 0 saturated heterocycles. The van der Waals surface area contributed by atoms with Crippen LogP contribution in [0.15, 0.2) is 36.5 Å². The van der Waals surface area contributed by atoms with E-state index in [0.717, 1.165) is 11.8 Å². The van der Waals surface area contributed by atoms with Crippen molar-refractivity contribution >= 4 is 11.5 Å². The quantitative estimate of drug-likeness (QED) is 0.643. The van der Waals surface area contributed by atoms with Crippen LogP contribution in [-0.4, -0.2) is 21.6 Å². The van der Waals surface area contributed by atoms with E-state index in [0.29, 0.717) is 18.8 Å². The van der Waals surface area contributed by atoms with Gasteiger partial charge in [0, 0.05) is 12.6 Å². The lowest BCUT2D eigenvalue weighted by atomic mass is 10.1. The SMILES string of the molecule is N#Cc1cc([N+](=O)[O-])cnc1NCCc1ccc(O)cc1. The number of aromatic nitrogens is 1. The number of anilines is 1. The Bertz CT molecular complexity index is 692. The van der Waals surface area contributed by atoms with Crippen LogP contribution in [0.4, 0.5) is 11.5 Å². The van der Waals surface area contributed by atoms with Gasteiger partial charge >= 0.3 is 0 Å². The molecule has 1 aromatic carbocycles. The van der Waals surface area contributed by atoms with E-state index >= 15 is 0 Å². The summed E-state index contributed by atoms with van der Waals surface area (Å²) in [5.41, 5.74) is 0.936. The summed E-state index contributed by atoms with van der Waals surface area (Å²) in [7, 11) is 0. The van der Waals surface area contributed by atoms with Crippen molar-refractivity contribution in [2.75, 3.05) is 11.9 Å². The minimum absolute atomic E-state index is 0.134. The van der Waals surface area contributed by atoms with Crippen LogP contribution < -0.4 is 5.32 Å². The summed E-state index contributed by atoms with van der Waals surface area (Å²) in [4.78, 5) is 13.9. The van der Waals surface area contributed by atoms with E-state index in [-0.39, 0.29) is 17.0 Å². The van der Waals surface area contributed by atoms with E-state index in [1.807, 2.05) is 6.07 Å². The molecule has 0 saturated carbocycles. The summed E-state index contributed by atoms with van der Waals surface area (Å²) < 4.78 is 0. The Morgan fingerprint density at radius 1 is 1.38 bits per heavy atom. The topological polar surface area (TPSA) is 112 Å². The molecule has 21 heavy (non-hydrogen) atoms. The molecule has 0 amide bonds. The van der Waals surface area contributed by atoms with Crippen LogP contribution in [0.1, 0.15) is 11.1 Å². The van der Waals surface area contributed by atoms with Crippen LogP contribution in [0.3, 0.4) is 0 Å². The second-order valence-electron chi connectivity index (χ2n) is 4.30. The molecule has 0 aliphatic carbocycles. The predicted molar refractivity (Wildman–Crippen MR) is 75.9 cm³/mol. The molecule has 2 rings (SSSR count). The van der Waals surface area contributed by atoms with Crippen molar-refractivity contribution in [1.29, 1.82) is 5.26 Å². The number of nitriles is 1. The van der Waals surface area contributed by atoms with Crippen molar-refractivity contribution < 1.29 is 10.0 Å². The van der Waals surface area contributed by atoms with Gasteiger partial charge < -0.3 is 10.4 Å². The van der Waals surface area contributed by atoms with Crippen molar-refractivity contribution in [1.82, 2.24) is 4.98 Å². The van der Waals surface area contributed by atoms with E-state index in [9.17, 15) is 15.2 Å². The monoisotopic (exact) mass is 284 g/mol. The Labute approximate surface area is 120 Å². The van der Waals surface area contributed by atoms with Crippen molar-refractivity contribution in [3.05, 3.63) is 57.8 Å². The lowest BCUT2D eigenvalue weighted by molar-refractivity contribution is -0.385. The molecule has 0 radical (unpaired) electrons. The van der Waals surface area contributed by atoms with Gasteiger partial charge in [0.15, 0.2) is 0 Å². The Morgan fingerprint density at radius 3 is 2.71 bits per heavy atom. The highest BCUT2D eigenvalue weighted by Gasteiger charge is 2.11. The maximum atomic E-state index is 10.6. The van der Waals surface area contributed by atoms with E-state index in [4.69, 9.17) is 5.26 Å². The number of rotatable bonds is 5. The smallest absolute Gasteiger partial charge is 0.289 e. The molecular formula is C14H12N4O3. The van der Waals surface area contributed by atoms with Crippen LogP contribution in [0, 0.1) is 21.4 Å². The Balaban J connectivity index is 2.01. The van der Waals surface area contributed by atoms with E-state index in [2.05, 4.69) is 10.3 Å². The van der Waals surface area contributed by atoms with Crippen LogP contribution in [0.2, 0.25) is 0 Å². The lowest BCUT2D eigenvalue weighted by Gasteiger charge is -2.07. The minimum Gasteiger partial charge on any atom is -0.508 e. The zero-order chi connectivity index (χ0) is 15.2. The van der Waals surface area contributed by atoms with E-state index in [1.165, 1.54) is 6.07 Å². The highest BCUT2D eigenvalue weighted by molar-refractivity contribution is 5.55. The number of nitrogens with one attached hydrogen (secondary N) is 1. The van der Waals surface area contributed by atoms with Crippen LogP contribution in [-0.2, 0) is 6.42 Å². The fourth-order valence-electron chi connectivity index (χ4n) is 1.77. The molecule has 0 bridgehead atoms. The van der Waals surface area contributed by atoms with Gasteiger partial charge in [-0.25, -0.2) is 4.98 Å². The first-order valence-electron chi connectivity index (χ1n) is 6.16. The maximum absolute atomic E-state index is 10.6. The van der Waals surface area contributed by atoms with E-state index < -0.39 is 4.92 Å². The molecule has 0 atom stereocenters. The predicted octanol–water partition coefficient (Wildman–Crippen LogP) is 2.22. The van der Waals surface area contributed by atoms with Gasteiger partial charge in [0.25, 0.3) is 5.69 Å². The molecule has 0 spiro atoms. The van der Waals surface area contributed by atoms with Gasteiger partial charge in [0.05, 0.1) is 4.92 Å². The standard InChI is InChI=1S/C14H12N4O3/c15-8-11-7-12(18(20)21)9-17-14(11)16-6-5-10-1-3-13(19)4-2-10/h1-4,7,9,19H,5-6H2,(H,16,17). The first-order chi connectivity index (χ1) is 10.1. The third-order valence-electron chi connectivity index (χ3n) is 2.85. The van der Waals surface area contributed by atoms with Gasteiger partial charge in [0.1, 0.15) is 29.4 Å². The van der Waals surface area contributed by atoms with Crippen molar-refractivity contribution in [3.63, 3.8) is 0 Å². The summed E-state index contributed by atoms with van der Waals surface area (Å²) in [5, 5.41) is 31.8. The van der Waals surface area contributed by atoms with Crippen molar-refractivity contribution in [3.8, 4) is 11.8 Å². The third kappa shape index (κ3) is 3.67. The second-order valence-corrected chi connectivity index (χ2v) is 4.30. The number of benzene rings is 1. The molecule has 106 valence electrons. The van der Waals surface area contributed by atoms with Gasteiger partial charge in [0.2, 0.25) is 0 Å². The normalized spacial score (nSPS) is 9.86. The molecule has 1 aromatic heterocycles. The average molecular weight is 284 g/mol. The maximum Gasteiger partial charge on any atom is 0.289 e. The summed E-state index contributed by atoms with van der Waals surface area (Å²) in [6.45, 7) is 0.518. The van der Waals surface area contributed by atoms with Crippen LogP contribution in [0.25, 0.3) is 0 Å². The summed E-state index contributed by atoms with van der Waals surface area (Å²) >= 11 is 0. The lowest BCUT2D eigenvalue weighted by Crippen LogP contribution is -2.08. The number of nitrogens with zero attached hydrogens (tertiary/aromatic N) is 3. The minimum atomic E-state index is -0.589. The Hall–Kier alpha value is -3.14. The highest BCUT2D eigenvalue weighted by atomic mass is 16.6. The van der Waals surface area contributed by atoms with Gasteiger partial charge in [-0.15, -0.1) is 0 Å². The molecule has 0 aliphatic heterocycles. The molecule has 0 unspecified atom stereocenters. The largest absolute Gasteiger partial charge is 0.508 e. The Morgan fingerprint density at radius 2 is 2.10 bits per heavy atom. The zero-order valence-electron chi connectivity index (χ0n) is 11.0. The number of hydrogen-bond acceptors (Lipinski definition) is 6. The molecule has 7 heteroatoms. The van der Waals surface area contributed by atoms with Gasteiger partial charge in [-0.1, -0.05) is 12.1 Å². The fraction of sp³-hybridized carbons (Fsp3) is 0.143. The molecule has 0 aliphatic rings. The van der Waals surface area contributed by atoms with Gasteiger partial charge in [-0.2, -0.15) is 5.26 Å². The molecule has 2 aromatic rings. The second kappa shape index (κ2) is 6.34. The summed E-state index contributed by atoms with van der Waals surface area (Å²) in [5.74, 6) is 0.525. The molecule has 0 fully saturated rings. The molecule has 1 heterocycles. The first kappa shape index (κ1) is 14.3. The first-order valence-corrected chi connectivity index (χ1v) is 6.16.